The van der Waals surface area contributed by atoms with Gasteiger partial charge in [-0.3, -0.25) is 9.48 Å². The molecule has 1 heterocycles. The lowest BCUT2D eigenvalue weighted by molar-refractivity contribution is 0.0742. The lowest BCUT2D eigenvalue weighted by Crippen LogP contribution is -2.33. The summed E-state index contributed by atoms with van der Waals surface area (Å²) in [5, 5.41) is 16.4. The van der Waals surface area contributed by atoms with Crippen molar-refractivity contribution in [3.63, 3.8) is 0 Å². The Morgan fingerprint density at radius 1 is 1.29 bits per heavy atom. The number of carbonyl (C=O) groups excluding carboxylic acids is 1. The van der Waals surface area contributed by atoms with Crippen LogP contribution < -0.4 is 5.32 Å². The van der Waals surface area contributed by atoms with E-state index in [4.69, 9.17) is 5.11 Å². The average Bonchev–Trinajstić information content (AvgIpc) is 2.99. The van der Waals surface area contributed by atoms with Crippen LogP contribution in [0, 0.1) is 0 Å². The Morgan fingerprint density at radius 3 is 2.75 bits per heavy atom. The molecule has 2 rings (SSSR count). The van der Waals surface area contributed by atoms with E-state index in [2.05, 4.69) is 17.3 Å². The molecule has 2 N–H and O–H groups in total. The number of nitrogens with one attached hydrogen (secondary N) is 1. The van der Waals surface area contributed by atoms with Gasteiger partial charge in [-0.25, -0.2) is 0 Å². The fraction of sp³-hybridized carbons (Fsp3) is 0.444. The van der Waals surface area contributed by atoms with Crippen LogP contribution in [0.5, 0.6) is 0 Å². The molecule has 1 amide bonds. The van der Waals surface area contributed by atoms with Crippen molar-refractivity contribution < 1.29 is 9.90 Å². The molecule has 0 bridgehead atoms. The first-order valence-electron chi connectivity index (χ1n) is 8.40. The molecule has 0 aliphatic rings. The van der Waals surface area contributed by atoms with Crippen molar-refractivity contribution in [3.8, 4) is 0 Å². The van der Waals surface area contributed by atoms with Gasteiger partial charge in [0.05, 0.1) is 11.9 Å². The first-order chi connectivity index (χ1) is 11.6. The molecule has 0 aliphatic heterocycles. The highest BCUT2D eigenvalue weighted by atomic mass is 16.3. The third-order valence-corrected chi connectivity index (χ3v) is 3.76. The van der Waals surface area contributed by atoms with Crippen molar-refractivity contribution in [2.75, 3.05) is 25.0 Å². The monoisotopic (exact) mass is 330 g/mol. The van der Waals surface area contributed by atoms with Gasteiger partial charge >= 0.3 is 0 Å². The maximum absolute atomic E-state index is 12.8. The van der Waals surface area contributed by atoms with Gasteiger partial charge in [0, 0.05) is 44.2 Å². The Balaban J connectivity index is 2.10. The third-order valence-electron chi connectivity index (χ3n) is 3.76. The molecule has 0 atom stereocenters. The van der Waals surface area contributed by atoms with Crippen LogP contribution in [0.25, 0.3) is 0 Å². The number of benzene rings is 1. The van der Waals surface area contributed by atoms with Crippen LogP contribution in [0.1, 0.15) is 36.5 Å². The lowest BCUT2D eigenvalue weighted by Gasteiger charge is -2.22. The standard InChI is InChI=1S/C18H26N4O2/c1-3-4-9-22(10-6-11-23)18(24)15-7-5-8-16(12-15)20-17-13-19-21(2)14-17/h5,7-8,12-14,20,23H,3-4,6,9-11H2,1-2H3. The quantitative estimate of drug-likeness (QED) is 0.742. The summed E-state index contributed by atoms with van der Waals surface area (Å²) in [6.07, 6.45) is 6.21. The van der Waals surface area contributed by atoms with Crippen LogP contribution in [0.4, 0.5) is 11.4 Å². The first-order valence-corrected chi connectivity index (χ1v) is 8.40. The summed E-state index contributed by atoms with van der Waals surface area (Å²) in [6, 6.07) is 7.48. The maximum Gasteiger partial charge on any atom is 0.253 e. The number of aryl methyl sites for hydroxylation is 1. The summed E-state index contributed by atoms with van der Waals surface area (Å²) < 4.78 is 1.72. The Labute approximate surface area is 143 Å². The number of nitrogens with zero attached hydrogens (tertiary/aromatic N) is 3. The SMILES string of the molecule is CCCCN(CCCO)C(=O)c1cccc(Nc2cnn(C)c2)c1. The van der Waals surface area contributed by atoms with Crippen LogP contribution in [-0.4, -0.2) is 45.4 Å². The molecule has 0 saturated heterocycles. The van der Waals surface area contributed by atoms with Gasteiger partial charge in [-0.1, -0.05) is 19.4 Å². The van der Waals surface area contributed by atoms with Gasteiger partial charge < -0.3 is 15.3 Å². The molecule has 130 valence electrons. The zero-order chi connectivity index (χ0) is 17.4. The number of aromatic nitrogens is 2. The van der Waals surface area contributed by atoms with Crippen molar-refractivity contribution in [1.29, 1.82) is 0 Å². The number of carbonyl (C=O) groups is 1. The number of aliphatic hydroxyl groups is 1. The molecule has 0 aliphatic carbocycles. The highest BCUT2D eigenvalue weighted by Gasteiger charge is 2.15. The second-order valence-corrected chi connectivity index (χ2v) is 5.83. The number of anilines is 2. The van der Waals surface area contributed by atoms with Gasteiger partial charge in [0.15, 0.2) is 0 Å². The fourth-order valence-electron chi connectivity index (χ4n) is 2.49. The minimum atomic E-state index is 0.00624. The van der Waals surface area contributed by atoms with Crippen molar-refractivity contribution in [1.82, 2.24) is 14.7 Å². The minimum Gasteiger partial charge on any atom is -0.396 e. The summed E-state index contributed by atoms with van der Waals surface area (Å²) in [4.78, 5) is 14.6. The van der Waals surface area contributed by atoms with Crippen LogP contribution in [0.3, 0.4) is 0 Å². The number of amides is 1. The summed E-state index contributed by atoms with van der Waals surface area (Å²) in [7, 11) is 1.86. The normalized spacial score (nSPS) is 10.6. The zero-order valence-electron chi connectivity index (χ0n) is 14.4. The Hall–Kier alpha value is -2.34. The van der Waals surface area contributed by atoms with E-state index in [0.29, 0.717) is 18.5 Å². The predicted molar refractivity (Wildman–Crippen MR) is 95.4 cm³/mol. The van der Waals surface area contributed by atoms with Crippen LogP contribution in [0.2, 0.25) is 0 Å². The van der Waals surface area contributed by atoms with E-state index in [1.165, 1.54) is 0 Å². The number of rotatable bonds is 9. The fourth-order valence-corrected chi connectivity index (χ4v) is 2.49. The maximum atomic E-state index is 12.8. The highest BCUT2D eigenvalue weighted by Crippen LogP contribution is 2.18. The molecule has 24 heavy (non-hydrogen) atoms. The van der Waals surface area contributed by atoms with Crippen LogP contribution in [-0.2, 0) is 7.05 Å². The van der Waals surface area contributed by atoms with E-state index in [1.54, 1.807) is 10.9 Å². The molecule has 0 saturated carbocycles. The summed E-state index contributed by atoms with van der Waals surface area (Å²) in [6.45, 7) is 3.50. The molecular weight excluding hydrogens is 304 g/mol. The van der Waals surface area contributed by atoms with Crippen LogP contribution in [0.15, 0.2) is 36.7 Å². The summed E-state index contributed by atoms with van der Waals surface area (Å²) >= 11 is 0. The topological polar surface area (TPSA) is 70.4 Å². The van der Waals surface area contributed by atoms with Crippen molar-refractivity contribution in [3.05, 3.63) is 42.2 Å². The van der Waals surface area contributed by atoms with Gasteiger partial charge in [-0.05, 0) is 31.0 Å². The summed E-state index contributed by atoms with van der Waals surface area (Å²) in [5.74, 6) is 0.00624. The molecule has 0 radical (unpaired) electrons. The van der Waals surface area contributed by atoms with Gasteiger partial charge in [-0.2, -0.15) is 5.10 Å². The Kier molecular flexibility index (Phi) is 6.81. The van der Waals surface area contributed by atoms with Crippen molar-refractivity contribution in [2.24, 2.45) is 7.05 Å². The van der Waals surface area contributed by atoms with Crippen molar-refractivity contribution >= 4 is 17.3 Å². The summed E-state index contributed by atoms with van der Waals surface area (Å²) in [5.41, 5.74) is 2.38. The van der Waals surface area contributed by atoms with Crippen molar-refractivity contribution in [2.45, 2.75) is 26.2 Å². The van der Waals surface area contributed by atoms with E-state index in [9.17, 15) is 4.79 Å². The number of hydrogen-bond acceptors (Lipinski definition) is 4. The minimum absolute atomic E-state index is 0.00624. The van der Waals surface area contributed by atoms with Crippen LogP contribution >= 0.6 is 0 Å². The highest BCUT2D eigenvalue weighted by molar-refractivity contribution is 5.95. The van der Waals surface area contributed by atoms with Gasteiger partial charge in [-0.15, -0.1) is 0 Å². The predicted octanol–water partition coefficient (Wildman–Crippen LogP) is 2.79. The number of aliphatic hydroxyl groups excluding tert-OH is 1. The number of hydrogen-bond donors (Lipinski definition) is 2. The average molecular weight is 330 g/mol. The van der Waals surface area contributed by atoms with Gasteiger partial charge in [0.2, 0.25) is 0 Å². The lowest BCUT2D eigenvalue weighted by atomic mass is 10.1. The third kappa shape index (κ3) is 5.09. The molecule has 1 aromatic heterocycles. The van der Waals surface area contributed by atoms with E-state index in [-0.39, 0.29) is 12.5 Å². The van der Waals surface area contributed by atoms with Gasteiger partial charge in [0.1, 0.15) is 0 Å². The second-order valence-electron chi connectivity index (χ2n) is 5.83. The largest absolute Gasteiger partial charge is 0.396 e. The molecule has 0 spiro atoms. The first kappa shape index (κ1) is 18.0. The van der Waals surface area contributed by atoms with E-state index >= 15 is 0 Å². The Morgan fingerprint density at radius 2 is 2.08 bits per heavy atom. The molecule has 6 nitrogen and oxygen atoms in total. The molecular formula is C18H26N4O2. The molecule has 6 heteroatoms. The second kappa shape index (κ2) is 9.08. The van der Waals surface area contributed by atoms with Gasteiger partial charge in [0.25, 0.3) is 5.91 Å². The molecule has 2 aromatic rings. The van der Waals surface area contributed by atoms with E-state index < -0.39 is 0 Å². The molecule has 1 aromatic carbocycles. The van der Waals surface area contributed by atoms with E-state index in [1.807, 2.05) is 42.4 Å². The Bertz CT molecular complexity index is 646. The smallest absolute Gasteiger partial charge is 0.253 e. The molecule has 0 unspecified atom stereocenters. The zero-order valence-corrected chi connectivity index (χ0v) is 14.4. The number of unbranched alkanes of at least 4 members (excludes halogenated alkanes) is 1. The van der Waals surface area contributed by atoms with E-state index in [0.717, 1.165) is 30.8 Å². The molecule has 0 fully saturated rings.